The van der Waals surface area contributed by atoms with Crippen LogP contribution >= 0.6 is 0 Å². The van der Waals surface area contributed by atoms with Crippen molar-refractivity contribution in [1.82, 2.24) is 9.97 Å². The molecule has 0 aromatic carbocycles. The molecule has 0 atom stereocenters. The number of hydrogen-bond donors (Lipinski definition) is 1. The van der Waals surface area contributed by atoms with Gasteiger partial charge in [0.1, 0.15) is 11.4 Å². The zero-order valence-electron chi connectivity index (χ0n) is 8.24. The first-order chi connectivity index (χ1) is 6.01. The first-order valence-electron chi connectivity index (χ1n) is 4.22. The molecule has 0 saturated heterocycles. The standard InChI is InChI=1S/C9H15N3O/c1-9(2,3)13-8-4-5-11-7(6-10)12-8/h4-5H,6,10H2,1-3H3. The SMILES string of the molecule is CC(C)(C)Oc1ccnc(CN)n1. The Morgan fingerprint density at radius 3 is 2.69 bits per heavy atom. The summed E-state index contributed by atoms with van der Waals surface area (Å²) < 4.78 is 5.54. The second-order valence-electron chi connectivity index (χ2n) is 3.73. The molecule has 0 radical (unpaired) electrons. The number of ether oxygens (including phenoxy) is 1. The fourth-order valence-electron chi connectivity index (χ4n) is 0.849. The summed E-state index contributed by atoms with van der Waals surface area (Å²) in [6, 6.07) is 1.73. The molecular weight excluding hydrogens is 166 g/mol. The van der Waals surface area contributed by atoms with Crippen LogP contribution in [0.15, 0.2) is 12.3 Å². The van der Waals surface area contributed by atoms with Gasteiger partial charge in [-0.1, -0.05) is 0 Å². The van der Waals surface area contributed by atoms with Crippen LogP contribution in [-0.2, 0) is 6.54 Å². The lowest BCUT2D eigenvalue weighted by Gasteiger charge is -2.20. The summed E-state index contributed by atoms with van der Waals surface area (Å²) in [5.74, 6) is 1.17. The summed E-state index contributed by atoms with van der Waals surface area (Å²) in [4.78, 5) is 8.09. The van der Waals surface area contributed by atoms with E-state index < -0.39 is 0 Å². The predicted octanol–water partition coefficient (Wildman–Crippen LogP) is 1.11. The van der Waals surface area contributed by atoms with E-state index in [2.05, 4.69) is 9.97 Å². The minimum Gasteiger partial charge on any atom is -0.472 e. The van der Waals surface area contributed by atoms with Crippen molar-refractivity contribution in [1.29, 1.82) is 0 Å². The molecule has 0 saturated carbocycles. The average Bonchev–Trinajstić information content (AvgIpc) is 2.01. The van der Waals surface area contributed by atoms with E-state index in [0.717, 1.165) is 0 Å². The number of nitrogens with zero attached hydrogens (tertiary/aromatic N) is 2. The third kappa shape index (κ3) is 3.38. The van der Waals surface area contributed by atoms with Gasteiger partial charge in [0.05, 0.1) is 6.54 Å². The van der Waals surface area contributed by atoms with Crippen LogP contribution in [0.2, 0.25) is 0 Å². The van der Waals surface area contributed by atoms with E-state index in [0.29, 0.717) is 18.2 Å². The van der Waals surface area contributed by atoms with Crippen LogP contribution in [0.5, 0.6) is 5.88 Å². The molecule has 0 aliphatic rings. The molecule has 72 valence electrons. The molecule has 4 heteroatoms. The van der Waals surface area contributed by atoms with Gasteiger partial charge in [-0.2, -0.15) is 4.98 Å². The zero-order chi connectivity index (χ0) is 9.90. The van der Waals surface area contributed by atoms with Gasteiger partial charge in [0.15, 0.2) is 0 Å². The predicted molar refractivity (Wildman–Crippen MR) is 50.3 cm³/mol. The lowest BCUT2D eigenvalue weighted by atomic mass is 10.2. The lowest BCUT2D eigenvalue weighted by molar-refractivity contribution is 0.123. The van der Waals surface area contributed by atoms with Crippen LogP contribution in [-0.4, -0.2) is 15.6 Å². The highest BCUT2D eigenvalue weighted by Gasteiger charge is 2.12. The fraction of sp³-hybridized carbons (Fsp3) is 0.556. The molecule has 0 fully saturated rings. The van der Waals surface area contributed by atoms with Crippen molar-refractivity contribution >= 4 is 0 Å². The molecule has 0 amide bonds. The van der Waals surface area contributed by atoms with Gasteiger partial charge in [0.25, 0.3) is 0 Å². The normalized spacial score (nSPS) is 11.4. The fourth-order valence-corrected chi connectivity index (χ4v) is 0.849. The summed E-state index contributed by atoms with van der Waals surface area (Å²) in [7, 11) is 0. The maximum Gasteiger partial charge on any atom is 0.217 e. The minimum atomic E-state index is -0.236. The molecular formula is C9H15N3O. The Kier molecular flexibility index (Phi) is 2.83. The van der Waals surface area contributed by atoms with E-state index in [-0.39, 0.29) is 5.60 Å². The molecule has 1 aromatic heterocycles. The first kappa shape index (κ1) is 9.92. The van der Waals surface area contributed by atoms with Crippen LogP contribution in [0.1, 0.15) is 26.6 Å². The minimum absolute atomic E-state index is 0.236. The van der Waals surface area contributed by atoms with Crippen molar-refractivity contribution in [3.63, 3.8) is 0 Å². The summed E-state index contributed by atoms with van der Waals surface area (Å²) >= 11 is 0. The molecule has 1 aromatic rings. The van der Waals surface area contributed by atoms with Crippen molar-refractivity contribution < 1.29 is 4.74 Å². The van der Waals surface area contributed by atoms with Gasteiger partial charge in [0, 0.05) is 12.3 Å². The van der Waals surface area contributed by atoms with Gasteiger partial charge in [-0.15, -0.1) is 0 Å². The van der Waals surface area contributed by atoms with Crippen molar-refractivity contribution in [3.8, 4) is 5.88 Å². The number of aromatic nitrogens is 2. The summed E-state index contributed by atoms with van der Waals surface area (Å²) in [5.41, 5.74) is 5.17. The number of hydrogen-bond acceptors (Lipinski definition) is 4. The van der Waals surface area contributed by atoms with Gasteiger partial charge < -0.3 is 10.5 Å². The monoisotopic (exact) mass is 181 g/mol. The van der Waals surface area contributed by atoms with E-state index in [1.165, 1.54) is 0 Å². The summed E-state index contributed by atoms with van der Waals surface area (Å²) in [6.45, 7) is 6.24. The Bertz CT molecular complexity index is 280. The quantitative estimate of drug-likeness (QED) is 0.742. The van der Waals surface area contributed by atoms with Crippen LogP contribution < -0.4 is 10.5 Å². The maximum absolute atomic E-state index is 5.54. The summed E-state index contributed by atoms with van der Waals surface area (Å²) in [6.07, 6.45) is 1.65. The van der Waals surface area contributed by atoms with Crippen molar-refractivity contribution in [2.75, 3.05) is 0 Å². The van der Waals surface area contributed by atoms with Gasteiger partial charge >= 0.3 is 0 Å². The van der Waals surface area contributed by atoms with Crippen LogP contribution in [0.25, 0.3) is 0 Å². The van der Waals surface area contributed by atoms with Gasteiger partial charge in [-0.3, -0.25) is 0 Å². The zero-order valence-corrected chi connectivity index (χ0v) is 8.24. The van der Waals surface area contributed by atoms with E-state index in [9.17, 15) is 0 Å². The van der Waals surface area contributed by atoms with Crippen molar-refractivity contribution in [2.24, 2.45) is 5.73 Å². The smallest absolute Gasteiger partial charge is 0.217 e. The van der Waals surface area contributed by atoms with Gasteiger partial charge in [0.2, 0.25) is 5.88 Å². The topological polar surface area (TPSA) is 61.0 Å². The van der Waals surface area contributed by atoms with E-state index in [1.807, 2.05) is 20.8 Å². The number of nitrogens with two attached hydrogens (primary N) is 1. The number of rotatable bonds is 2. The Balaban J connectivity index is 2.78. The molecule has 0 bridgehead atoms. The van der Waals surface area contributed by atoms with Crippen LogP contribution in [0, 0.1) is 0 Å². The lowest BCUT2D eigenvalue weighted by Crippen LogP contribution is -2.23. The Morgan fingerprint density at radius 1 is 1.46 bits per heavy atom. The van der Waals surface area contributed by atoms with Crippen molar-refractivity contribution in [3.05, 3.63) is 18.1 Å². The molecule has 2 N–H and O–H groups in total. The second kappa shape index (κ2) is 3.70. The van der Waals surface area contributed by atoms with E-state index in [4.69, 9.17) is 10.5 Å². The molecule has 1 rings (SSSR count). The molecule has 0 spiro atoms. The second-order valence-corrected chi connectivity index (χ2v) is 3.73. The van der Waals surface area contributed by atoms with Gasteiger partial charge in [-0.05, 0) is 20.8 Å². The molecule has 4 nitrogen and oxygen atoms in total. The van der Waals surface area contributed by atoms with Gasteiger partial charge in [-0.25, -0.2) is 4.98 Å². The molecule has 0 aliphatic carbocycles. The first-order valence-corrected chi connectivity index (χ1v) is 4.22. The van der Waals surface area contributed by atoms with Crippen LogP contribution in [0.4, 0.5) is 0 Å². The third-order valence-electron chi connectivity index (χ3n) is 1.27. The maximum atomic E-state index is 5.54. The molecule has 1 heterocycles. The van der Waals surface area contributed by atoms with E-state index >= 15 is 0 Å². The third-order valence-corrected chi connectivity index (χ3v) is 1.27. The molecule has 0 aliphatic heterocycles. The Morgan fingerprint density at radius 2 is 2.15 bits per heavy atom. The summed E-state index contributed by atoms with van der Waals surface area (Å²) in [5, 5.41) is 0. The highest BCUT2D eigenvalue weighted by Crippen LogP contribution is 2.13. The van der Waals surface area contributed by atoms with E-state index in [1.54, 1.807) is 12.3 Å². The highest BCUT2D eigenvalue weighted by molar-refractivity contribution is 5.09. The Labute approximate surface area is 78.1 Å². The largest absolute Gasteiger partial charge is 0.472 e. The van der Waals surface area contributed by atoms with Crippen LogP contribution in [0.3, 0.4) is 0 Å². The molecule has 13 heavy (non-hydrogen) atoms. The Hall–Kier alpha value is -1.16. The van der Waals surface area contributed by atoms with Crippen molar-refractivity contribution in [2.45, 2.75) is 32.9 Å². The average molecular weight is 181 g/mol. The molecule has 0 unspecified atom stereocenters. The highest BCUT2D eigenvalue weighted by atomic mass is 16.5.